The molecule has 0 atom stereocenters. The fourth-order valence-corrected chi connectivity index (χ4v) is 3.14. The Morgan fingerprint density at radius 1 is 1.13 bits per heavy atom. The fraction of sp³-hybridized carbons (Fsp3) is 0.346. The average Bonchev–Trinajstić information content (AvgIpc) is 2.81. The van der Waals surface area contributed by atoms with Crippen LogP contribution in [0.5, 0.6) is 0 Å². The number of hydrogen-bond donors (Lipinski definition) is 0. The number of amides is 1. The number of halogens is 1. The summed E-state index contributed by atoms with van der Waals surface area (Å²) in [5, 5.41) is 0. The van der Waals surface area contributed by atoms with Crippen molar-refractivity contribution in [2.75, 3.05) is 13.1 Å². The van der Waals surface area contributed by atoms with E-state index >= 15 is 0 Å². The minimum Gasteiger partial charge on any atom is -0.339 e. The van der Waals surface area contributed by atoms with E-state index in [-0.39, 0.29) is 5.91 Å². The molecule has 0 fully saturated rings. The van der Waals surface area contributed by atoms with Gasteiger partial charge in [-0.1, -0.05) is 46.1 Å². The molecule has 0 aliphatic heterocycles. The molecule has 0 spiro atoms. The first-order chi connectivity index (χ1) is 15.1. The highest BCUT2D eigenvalue weighted by Crippen LogP contribution is 2.22. The van der Waals surface area contributed by atoms with Crippen molar-refractivity contribution in [3.8, 4) is 11.3 Å². The molecule has 2 rings (SSSR count). The summed E-state index contributed by atoms with van der Waals surface area (Å²) in [4.78, 5) is 23.6. The van der Waals surface area contributed by atoms with Gasteiger partial charge in [0.1, 0.15) is 5.83 Å². The lowest BCUT2D eigenvalue weighted by atomic mass is 10.0. The maximum Gasteiger partial charge on any atom is 0.256 e. The van der Waals surface area contributed by atoms with E-state index in [1.165, 1.54) is 0 Å². The van der Waals surface area contributed by atoms with Gasteiger partial charge in [0.05, 0.1) is 11.3 Å². The Morgan fingerprint density at radius 2 is 1.84 bits per heavy atom. The van der Waals surface area contributed by atoms with Gasteiger partial charge in [0.2, 0.25) is 0 Å². The van der Waals surface area contributed by atoms with Gasteiger partial charge in [-0.3, -0.25) is 14.8 Å². The van der Waals surface area contributed by atoms with Crippen LogP contribution >= 0.6 is 0 Å². The quantitative estimate of drug-likeness (QED) is 0.295. The van der Waals surface area contributed by atoms with Crippen LogP contribution in [0.1, 0.15) is 56.8 Å². The zero-order valence-corrected chi connectivity index (χ0v) is 19.0. The van der Waals surface area contributed by atoms with Crippen molar-refractivity contribution in [3.63, 3.8) is 0 Å². The van der Waals surface area contributed by atoms with E-state index in [1.807, 2.05) is 43.9 Å². The van der Waals surface area contributed by atoms with Gasteiger partial charge in [0.15, 0.2) is 0 Å². The summed E-state index contributed by atoms with van der Waals surface area (Å²) in [5.41, 5.74) is 2.66. The largest absolute Gasteiger partial charge is 0.339 e. The van der Waals surface area contributed by atoms with Crippen molar-refractivity contribution < 1.29 is 9.18 Å². The lowest BCUT2D eigenvalue weighted by Gasteiger charge is -2.23. The zero-order valence-electron chi connectivity index (χ0n) is 19.0. The van der Waals surface area contributed by atoms with Crippen LogP contribution in [0.15, 0.2) is 79.6 Å². The summed E-state index contributed by atoms with van der Waals surface area (Å²) in [6, 6.07) is 7.29. The van der Waals surface area contributed by atoms with Gasteiger partial charge in [-0.2, -0.15) is 0 Å². The highest BCUT2D eigenvalue weighted by Gasteiger charge is 2.19. The number of carbonyl (C=O) groups excluding carboxylic acids is 1. The topological polar surface area (TPSA) is 46.1 Å². The van der Waals surface area contributed by atoms with E-state index in [0.717, 1.165) is 24.8 Å². The summed E-state index contributed by atoms with van der Waals surface area (Å²) < 4.78 is 13.4. The molecule has 0 saturated carbocycles. The van der Waals surface area contributed by atoms with Gasteiger partial charge >= 0.3 is 0 Å². The molecular formula is C26H34FN3O. The molecule has 2 heterocycles. The minimum absolute atomic E-state index is 0.0384. The number of pyridine rings is 2. The van der Waals surface area contributed by atoms with Gasteiger partial charge in [0.25, 0.3) is 5.91 Å². The highest BCUT2D eigenvalue weighted by atomic mass is 19.1. The first kappa shape index (κ1) is 26.0. The smallest absolute Gasteiger partial charge is 0.256 e. The summed E-state index contributed by atoms with van der Waals surface area (Å²) in [7, 11) is 0. The molecular weight excluding hydrogens is 389 g/mol. The second-order valence-corrected chi connectivity index (χ2v) is 6.72. The van der Waals surface area contributed by atoms with Crippen molar-refractivity contribution >= 4 is 5.91 Å². The molecule has 0 unspecified atom stereocenters. The monoisotopic (exact) mass is 423 g/mol. The molecule has 5 heteroatoms. The van der Waals surface area contributed by atoms with Crippen LogP contribution in [0.4, 0.5) is 4.39 Å². The van der Waals surface area contributed by atoms with Crippen LogP contribution < -0.4 is 0 Å². The molecule has 0 aromatic carbocycles. The Bertz CT molecular complexity index is 862. The third-order valence-corrected chi connectivity index (χ3v) is 4.56. The Morgan fingerprint density at radius 3 is 2.45 bits per heavy atom. The SMILES string of the molecule is C=C/C=C(/CCCCN(CCC)C(=O)c1cccnc1-c1ccncc1)C(=C)F.CC. The normalized spacial score (nSPS) is 10.6. The van der Waals surface area contributed by atoms with Gasteiger partial charge in [-0.15, -0.1) is 0 Å². The standard InChI is InChI=1S/C24H28FN3O.C2H6/c1-4-9-20(19(3)25)10-6-7-18-28(17-5-2)24(29)22-11-8-14-27-23(22)21-12-15-26-16-13-21;1-2/h4,8-9,11-16H,1,3,5-7,10,17-18H2,2H3;1-2H3/b20-9-;. The number of carbonyl (C=O) groups is 1. The second-order valence-electron chi connectivity index (χ2n) is 6.72. The predicted octanol–water partition coefficient (Wildman–Crippen LogP) is 6.79. The predicted molar refractivity (Wildman–Crippen MR) is 127 cm³/mol. The summed E-state index contributed by atoms with van der Waals surface area (Å²) >= 11 is 0. The van der Waals surface area contributed by atoms with Gasteiger partial charge in [-0.05, 0) is 55.5 Å². The number of rotatable bonds is 11. The number of unbranched alkanes of at least 4 members (excludes halogenated alkanes) is 1. The zero-order chi connectivity index (χ0) is 23.1. The van der Waals surface area contributed by atoms with Gasteiger partial charge in [-0.25, -0.2) is 4.39 Å². The summed E-state index contributed by atoms with van der Waals surface area (Å²) in [6.45, 7) is 14.3. The van der Waals surface area contributed by atoms with Crippen molar-refractivity contribution in [1.82, 2.24) is 14.9 Å². The van der Waals surface area contributed by atoms with Crippen LogP contribution in [0.25, 0.3) is 11.3 Å². The lowest BCUT2D eigenvalue weighted by Crippen LogP contribution is -2.33. The molecule has 2 aromatic heterocycles. The molecule has 31 heavy (non-hydrogen) atoms. The lowest BCUT2D eigenvalue weighted by molar-refractivity contribution is 0.0753. The van der Waals surface area contributed by atoms with Crippen LogP contribution in [-0.4, -0.2) is 33.9 Å². The number of aromatic nitrogens is 2. The van der Waals surface area contributed by atoms with Crippen molar-refractivity contribution in [1.29, 1.82) is 0 Å². The maximum atomic E-state index is 13.4. The summed E-state index contributed by atoms with van der Waals surface area (Å²) in [6.07, 6.45) is 11.3. The van der Waals surface area contributed by atoms with E-state index in [0.29, 0.717) is 36.3 Å². The Labute approximate surface area is 186 Å². The van der Waals surface area contributed by atoms with Crippen LogP contribution in [-0.2, 0) is 0 Å². The fourth-order valence-electron chi connectivity index (χ4n) is 3.14. The second kappa shape index (κ2) is 14.8. The number of nitrogens with zero attached hydrogens (tertiary/aromatic N) is 3. The molecule has 166 valence electrons. The molecule has 0 N–H and O–H groups in total. The highest BCUT2D eigenvalue weighted by molar-refractivity contribution is 5.99. The van der Waals surface area contributed by atoms with Gasteiger partial charge in [0, 0.05) is 37.2 Å². The van der Waals surface area contributed by atoms with E-state index < -0.39 is 5.83 Å². The van der Waals surface area contributed by atoms with Crippen molar-refractivity contribution in [3.05, 3.63) is 85.1 Å². The van der Waals surface area contributed by atoms with Crippen molar-refractivity contribution in [2.45, 2.75) is 46.5 Å². The number of allylic oxidation sites excluding steroid dienone is 4. The molecule has 0 radical (unpaired) electrons. The minimum atomic E-state index is -0.427. The van der Waals surface area contributed by atoms with Crippen LogP contribution in [0, 0.1) is 0 Å². The molecule has 0 saturated heterocycles. The maximum absolute atomic E-state index is 13.4. The molecule has 1 amide bonds. The molecule has 2 aromatic rings. The Balaban J connectivity index is 0.00000233. The van der Waals surface area contributed by atoms with E-state index in [1.54, 1.807) is 36.8 Å². The first-order valence-corrected chi connectivity index (χ1v) is 10.9. The first-order valence-electron chi connectivity index (χ1n) is 10.9. The Kier molecular flexibility index (Phi) is 12.4. The molecule has 0 aliphatic carbocycles. The molecule has 4 nitrogen and oxygen atoms in total. The van der Waals surface area contributed by atoms with Crippen LogP contribution in [0.3, 0.4) is 0 Å². The van der Waals surface area contributed by atoms with E-state index in [9.17, 15) is 9.18 Å². The molecule has 0 aliphatic rings. The summed E-state index contributed by atoms with van der Waals surface area (Å²) in [5.74, 6) is -0.465. The third kappa shape index (κ3) is 8.28. The average molecular weight is 424 g/mol. The Hall–Kier alpha value is -3.08. The van der Waals surface area contributed by atoms with E-state index in [4.69, 9.17) is 0 Å². The van der Waals surface area contributed by atoms with Crippen molar-refractivity contribution in [2.24, 2.45) is 0 Å². The van der Waals surface area contributed by atoms with Gasteiger partial charge < -0.3 is 4.90 Å². The number of hydrogen-bond acceptors (Lipinski definition) is 3. The molecule has 0 bridgehead atoms. The van der Waals surface area contributed by atoms with Crippen LogP contribution in [0.2, 0.25) is 0 Å². The third-order valence-electron chi connectivity index (χ3n) is 4.56. The van der Waals surface area contributed by atoms with E-state index in [2.05, 4.69) is 23.1 Å².